The Kier molecular flexibility index (Phi) is 5.21. The minimum Gasteiger partial charge on any atom is -0.457 e. The molecule has 0 amide bonds. The molecule has 2 aromatic carbocycles. The molecule has 154 valence electrons. The van der Waals surface area contributed by atoms with Crippen LogP contribution in [0, 0.1) is 0 Å². The smallest absolute Gasteiger partial charge is 0.129 e. The van der Waals surface area contributed by atoms with E-state index in [1.807, 2.05) is 48.5 Å². The summed E-state index contributed by atoms with van der Waals surface area (Å²) < 4.78 is 11.8. The largest absolute Gasteiger partial charge is 0.457 e. The quantitative estimate of drug-likeness (QED) is 0.479. The topological polar surface area (TPSA) is 79.1 Å². The van der Waals surface area contributed by atoms with Crippen LogP contribution in [0.25, 0.3) is 22.3 Å². The van der Waals surface area contributed by atoms with Crippen molar-refractivity contribution in [1.29, 1.82) is 0 Å². The Balaban J connectivity index is 1.25. The Labute approximate surface area is 175 Å². The van der Waals surface area contributed by atoms with Crippen LogP contribution >= 0.6 is 0 Å². The van der Waals surface area contributed by atoms with Gasteiger partial charge in [0.25, 0.3) is 0 Å². The lowest BCUT2D eigenvalue weighted by atomic mass is 10.1. The Bertz CT molecular complexity index is 1100. The Morgan fingerprint density at radius 2 is 2.00 bits per heavy atom. The molecule has 1 atom stereocenters. The summed E-state index contributed by atoms with van der Waals surface area (Å²) in [6, 6.07) is 15.8. The van der Waals surface area contributed by atoms with Gasteiger partial charge in [-0.25, -0.2) is 4.98 Å². The number of nitrogens with zero attached hydrogens (tertiary/aromatic N) is 3. The maximum atomic E-state index is 6.04. The normalized spacial score (nSPS) is 16.5. The monoisotopic (exact) mass is 403 g/mol. The van der Waals surface area contributed by atoms with Crippen LogP contribution in [0.1, 0.15) is 18.7 Å². The van der Waals surface area contributed by atoms with Gasteiger partial charge in [-0.2, -0.15) is 5.10 Å². The van der Waals surface area contributed by atoms with Gasteiger partial charge >= 0.3 is 0 Å². The average Bonchev–Trinajstić information content (AvgIpc) is 3.50. The first-order valence-corrected chi connectivity index (χ1v) is 10.3. The highest BCUT2D eigenvalue weighted by atomic mass is 16.5. The van der Waals surface area contributed by atoms with Crippen LogP contribution < -0.4 is 4.74 Å². The number of rotatable bonds is 7. The molecule has 2 N–H and O–H groups in total. The number of ether oxygens (including phenoxy) is 2. The van der Waals surface area contributed by atoms with Gasteiger partial charge in [0.15, 0.2) is 0 Å². The second-order valence-corrected chi connectivity index (χ2v) is 7.79. The van der Waals surface area contributed by atoms with Crippen LogP contribution in [0.15, 0.2) is 54.7 Å². The zero-order valence-corrected chi connectivity index (χ0v) is 17.0. The van der Waals surface area contributed by atoms with E-state index in [-0.39, 0.29) is 0 Å². The van der Waals surface area contributed by atoms with Crippen LogP contribution in [-0.2, 0) is 11.3 Å². The van der Waals surface area contributed by atoms with Crippen molar-refractivity contribution in [3.63, 3.8) is 0 Å². The van der Waals surface area contributed by atoms with Crippen molar-refractivity contribution < 1.29 is 9.47 Å². The van der Waals surface area contributed by atoms with Crippen LogP contribution in [0.4, 0.5) is 0 Å². The van der Waals surface area contributed by atoms with E-state index in [1.165, 1.54) is 0 Å². The summed E-state index contributed by atoms with van der Waals surface area (Å²) in [4.78, 5) is 10.4. The van der Waals surface area contributed by atoms with Crippen molar-refractivity contribution in [2.45, 2.75) is 25.5 Å². The van der Waals surface area contributed by atoms with Crippen molar-refractivity contribution in [2.75, 3.05) is 20.2 Å². The molecular formula is C23H25N5O2. The van der Waals surface area contributed by atoms with Crippen molar-refractivity contribution in [2.24, 2.45) is 0 Å². The van der Waals surface area contributed by atoms with Crippen molar-refractivity contribution in [1.82, 2.24) is 25.1 Å². The van der Waals surface area contributed by atoms with E-state index in [1.54, 1.807) is 6.20 Å². The van der Waals surface area contributed by atoms with Crippen molar-refractivity contribution in [3.05, 3.63) is 60.6 Å². The summed E-state index contributed by atoms with van der Waals surface area (Å²) in [7, 11) is 2.11. The minimum atomic E-state index is 0.346. The maximum absolute atomic E-state index is 6.04. The molecule has 30 heavy (non-hydrogen) atoms. The van der Waals surface area contributed by atoms with Gasteiger partial charge in [0.2, 0.25) is 0 Å². The highest BCUT2D eigenvalue weighted by Crippen LogP contribution is 2.27. The first-order chi connectivity index (χ1) is 14.7. The third kappa shape index (κ3) is 4.22. The number of fused-ring (bicyclic) bond motifs is 1. The summed E-state index contributed by atoms with van der Waals surface area (Å²) in [6.07, 6.45) is 4.40. The lowest BCUT2D eigenvalue weighted by Gasteiger charge is -2.19. The summed E-state index contributed by atoms with van der Waals surface area (Å²) in [6.45, 7) is 2.58. The lowest BCUT2D eigenvalue weighted by Crippen LogP contribution is -2.28. The molecular weight excluding hydrogens is 378 g/mol. The molecule has 0 unspecified atom stereocenters. The van der Waals surface area contributed by atoms with E-state index < -0.39 is 0 Å². The van der Waals surface area contributed by atoms with Gasteiger partial charge in [0.05, 0.1) is 29.4 Å². The predicted molar refractivity (Wildman–Crippen MR) is 115 cm³/mol. The van der Waals surface area contributed by atoms with Crippen LogP contribution in [0.5, 0.6) is 11.5 Å². The molecule has 0 aliphatic carbocycles. The number of aromatic amines is 2. The number of benzene rings is 2. The van der Waals surface area contributed by atoms with E-state index >= 15 is 0 Å². The molecule has 0 spiro atoms. The van der Waals surface area contributed by atoms with Gasteiger partial charge < -0.3 is 14.5 Å². The molecule has 7 nitrogen and oxygen atoms in total. The average molecular weight is 403 g/mol. The van der Waals surface area contributed by atoms with Crippen LogP contribution in [0.3, 0.4) is 0 Å². The molecule has 2 aromatic heterocycles. The number of hydrogen-bond donors (Lipinski definition) is 2. The molecule has 7 heteroatoms. The molecule has 1 aliphatic rings. The maximum Gasteiger partial charge on any atom is 0.129 e. The highest BCUT2D eigenvalue weighted by molar-refractivity contribution is 5.77. The standard InChI is InChI=1S/C23H25N5O2/c1-28(14-19-3-2-12-29-19)15-23-25-21-9-8-18(13-22(21)26-23)30-17-6-4-16(5-7-17)20-10-11-24-27-20/h4-11,13,19H,2-3,12,14-15H2,1H3,(H,24,27)(H,25,26)/t19-/m1/s1. The van der Waals surface area contributed by atoms with Gasteiger partial charge in [0.1, 0.15) is 17.3 Å². The minimum absolute atomic E-state index is 0.346. The number of nitrogens with one attached hydrogen (secondary N) is 2. The predicted octanol–water partition coefficient (Wildman–Crippen LogP) is 4.36. The van der Waals surface area contributed by atoms with Crippen LogP contribution in [-0.4, -0.2) is 51.4 Å². The Morgan fingerprint density at radius 3 is 2.77 bits per heavy atom. The molecule has 4 aromatic rings. The molecule has 3 heterocycles. The fourth-order valence-corrected chi connectivity index (χ4v) is 3.89. The number of H-pyrrole nitrogens is 2. The molecule has 1 saturated heterocycles. The van der Waals surface area contributed by atoms with Crippen molar-refractivity contribution >= 4 is 11.0 Å². The van der Waals surface area contributed by atoms with Gasteiger partial charge in [-0.3, -0.25) is 10.00 Å². The molecule has 0 saturated carbocycles. The summed E-state index contributed by atoms with van der Waals surface area (Å²) in [5.41, 5.74) is 3.97. The molecule has 1 aliphatic heterocycles. The van der Waals surface area contributed by atoms with Gasteiger partial charge in [-0.05, 0) is 67.9 Å². The molecule has 5 rings (SSSR count). The molecule has 0 radical (unpaired) electrons. The first kappa shape index (κ1) is 18.8. The zero-order chi connectivity index (χ0) is 20.3. The number of aromatic nitrogens is 4. The zero-order valence-electron chi connectivity index (χ0n) is 17.0. The number of imidazole rings is 1. The second-order valence-electron chi connectivity index (χ2n) is 7.79. The summed E-state index contributed by atoms with van der Waals surface area (Å²) >= 11 is 0. The third-order valence-electron chi connectivity index (χ3n) is 5.36. The van der Waals surface area contributed by atoms with E-state index in [2.05, 4.69) is 27.1 Å². The summed E-state index contributed by atoms with van der Waals surface area (Å²) in [5.74, 6) is 2.51. The third-order valence-corrected chi connectivity index (χ3v) is 5.36. The van der Waals surface area contributed by atoms with Crippen molar-refractivity contribution in [3.8, 4) is 22.8 Å². The summed E-state index contributed by atoms with van der Waals surface area (Å²) in [5, 5.41) is 6.95. The Hall–Kier alpha value is -3.16. The first-order valence-electron chi connectivity index (χ1n) is 10.3. The van der Waals surface area contributed by atoms with E-state index in [0.29, 0.717) is 6.10 Å². The highest BCUT2D eigenvalue weighted by Gasteiger charge is 2.18. The Morgan fingerprint density at radius 1 is 1.13 bits per heavy atom. The number of likely N-dealkylation sites (N-methyl/N-ethyl adjacent to an activating group) is 1. The second kappa shape index (κ2) is 8.30. The SMILES string of the molecule is CN(Cc1nc2ccc(Oc3ccc(-c4ccn[nH]4)cc3)cc2[nH]1)C[C@H]1CCCO1. The fourth-order valence-electron chi connectivity index (χ4n) is 3.89. The van der Waals surface area contributed by atoms with E-state index in [9.17, 15) is 0 Å². The number of hydrogen-bond acceptors (Lipinski definition) is 5. The fraction of sp³-hybridized carbons (Fsp3) is 0.304. The van der Waals surface area contributed by atoms with E-state index in [0.717, 1.165) is 72.2 Å². The molecule has 0 bridgehead atoms. The molecule has 1 fully saturated rings. The van der Waals surface area contributed by atoms with E-state index in [4.69, 9.17) is 14.5 Å². The van der Waals surface area contributed by atoms with Gasteiger partial charge in [-0.15, -0.1) is 0 Å². The van der Waals surface area contributed by atoms with Gasteiger partial charge in [-0.1, -0.05) is 0 Å². The van der Waals surface area contributed by atoms with Gasteiger partial charge in [0, 0.05) is 25.4 Å². The van der Waals surface area contributed by atoms with Crippen LogP contribution in [0.2, 0.25) is 0 Å². The lowest BCUT2D eigenvalue weighted by molar-refractivity contribution is 0.0787.